The molecule has 0 aromatic carbocycles. The van der Waals surface area contributed by atoms with E-state index < -0.39 is 5.60 Å². The van der Waals surface area contributed by atoms with Crippen molar-refractivity contribution in [2.45, 2.75) is 58.0 Å². The molecular formula is C11H20O2. The Morgan fingerprint density at radius 3 is 2.31 bits per heavy atom. The maximum Gasteiger partial charge on any atom is 0.125 e. The predicted molar refractivity (Wildman–Crippen MR) is 52.5 cm³/mol. The van der Waals surface area contributed by atoms with Crippen LogP contribution in [-0.2, 0) is 4.79 Å². The Morgan fingerprint density at radius 2 is 1.85 bits per heavy atom. The summed E-state index contributed by atoms with van der Waals surface area (Å²) in [5, 5.41) is 10.2. The quantitative estimate of drug-likeness (QED) is 0.683. The van der Waals surface area contributed by atoms with Crippen molar-refractivity contribution in [2.75, 3.05) is 0 Å². The van der Waals surface area contributed by atoms with Crippen LogP contribution < -0.4 is 0 Å². The summed E-state index contributed by atoms with van der Waals surface area (Å²) in [6.45, 7) is 3.79. The summed E-state index contributed by atoms with van der Waals surface area (Å²) in [5.41, 5.74) is -0.936. The van der Waals surface area contributed by atoms with E-state index >= 15 is 0 Å². The van der Waals surface area contributed by atoms with Crippen molar-refractivity contribution >= 4 is 6.29 Å². The molecule has 2 heteroatoms. The van der Waals surface area contributed by atoms with Crippen LogP contribution in [0, 0.1) is 5.41 Å². The van der Waals surface area contributed by atoms with Crippen molar-refractivity contribution in [3.05, 3.63) is 0 Å². The average Bonchev–Trinajstić information content (AvgIpc) is 2.04. The van der Waals surface area contributed by atoms with E-state index in [1.165, 1.54) is 6.42 Å². The van der Waals surface area contributed by atoms with E-state index in [0.29, 0.717) is 6.42 Å². The number of carbonyl (C=O) groups excluding carboxylic acids is 1. The summed E-state index contributed by atoms with van der Waals surface area (Å²) in [5.74, 6) is 0. The Bertz CT molecular complexity index is 179. The molecule has 0 heterocycles. The van der Waals surface area contributed by atoms with Crippen LogP contribution in [0.3, 0.4) is 0 Å². The lowest BCUT2D eigenvalue weighted by molar-refractivity contribution is -0.119. The second kappa shape index (κ2) is 3.79. The summed E-state index contributed by atoms with van der Waals surface area (Å²) in [6.07, 6.45) is 6.73. The van der Waals surface area contributed by atoms with Gasteiger partial charge in [-0.2, -0.15) is 0 Å². The van der Waals surface area contributed by atoms with E-state index in [-0.39, 0.29) is 5.41 Å². The second-order valence-electron chi connectivity index (χ2n) is 5.07. The molecule has 76 valence electrons. The van der Waals surface area contributed by atoms with E-state index in [9.17, 15) is 9.90 Å². The molecule has 2 nitrogen and oxygen atoms in total. The van der Waals surface area contributed by atoms with Crippen molar-refractivity contribution < 1.29 is 9.90 Å². The van der Waals surface area contributed by atoms with E-state index in [1.807, 2.05) is 13.8 Å². The maximum atomic E-state index is 10.7. The van der Waals surface area contributed by atoms with Gasteiger partial charge in [-0.15, -0.1) is 0 Å². The molecule has 0 unspecified atom stereocenters. The Kier molecular flexibility index (Phi) is 3.12. The summed E-state index contributed by atoms with van der Waals surface area (Å²) >= 11 is 0. The van der Waals surface area contributed by atoms with Crippen LogP contribution in [0.15, 0.2) is 0 Å². The Labute approximate surface area is 80.3 Å². The minimum absolute atomic E-state index is 0.369. The zero-order valence-corrected chi connectivity index (χ0v) is 8.68. The highest BCUT2D eigenvalue weighted by atomic mass is 16.3. The van der Waals surface area contributed by atoms with E-state index in [2.05, 4.69) is 0 Å². The molecule has 0 saturated heterocycles. The SMILES string of the molecule is CC(C)(C=O)CC1(O)CCCCC1. The first kappa shape index (κ1) is 10.7. The Morgan fingerprint density at radius 1 is 1.31 bits per heavy atom. The van der Waals surface area contributed by atoms with Crippen LogP contribution in [0.4, 0.5) is 0 Å². The van der Waals surface area contributed by atoms with Crippen LogP contribution >= 0.6 is 0 Å². The van der Waals surface area contributed by atoms with Gasteiger partial charge in [0.25, 0.3) is 0 Å². The van der Waals surface area contributed by atoms with Crippen molar-refractivity contribution in [1.29, 1.82) is 0 Å². The third-order valence-electron chi connectivity index (χ3n) is 2.89. The highest BCUT2D eigenvalue weighted by Crippen LogP contribution is 2.36. The monoisotopic (exact) mass is 184 g/mol. The third kappa shape index (κ3) is 3.11. The number of rotatable bonds is 3. The van der Waals surface area contributed by atoms with Gasteiger partial charge in [0, 0.05) is 5.41 Å². The molecular weight excluding hydrogens is 164 g/mol. The molecule has 1 fully saturated rings. The fourth-order valence-corrected chi connectivity index (χ4v) is 2.28. The summed E-state index contributed by atoms with van der Waals surface area (Å²) in [4.78, 5) is 10.7. The number of hydrogen-bond donors (Lipinski definition) is 1. The smallest absolute Gasteiger partial charge is 0.125 e. The van der Waals surface area contributed by atoms with Crippen LogP contribution in [0.1, 0.15) is 52.4 Å². The average molecular weight is 184 g/mol. The molecule has 0 amide bonds. The molecule has 1 aliphatic rings. The largest absolute Gasteiger partial charge is 0.390 e. The molecule has 13 heavy (non-hydrogen) atoms. The Hall–Kier alpha value is -0.370. The van der Waals surface area contributed by atoms with Crippen LogP contribution in [0.2, 0.25) is 0 Å². The fourth-order valence-electron chi connectivity index (χ4n) is 2.28. The highest BCUT2D eigenvalue weighted by molar-refractivity contribution is 5.58. The molecule has 1 N–H and O–H groups in total. The second-order valence-corrected chi connectivity index (χ2v) is 5.07. The maximum absolute atomic E-state index is 10.7. The van der Waals surface area contributed by atoms with Crippen LogP contribution in [0.25, 0.3) is 0 Å². The van der Waals surface area contributed by atoms with Crippen molar-refractivity contribution in [3.8, 4) is 0 Å². The van der Waals surface area contributed by atoms with Crippen LogP contribution in [0.5, 0.6) is 0 Å². The van der Waals surface area contributed by atoms with Crippen molar-refractivity contribution in [2.24, 2.45) is 5.41 Å². The molecule has 0 aliphatic heterocycles. The minimum Gasteiger partial charge on any atom is -0.390 e. The molecule has 0 aromatic heterocycles. The first-order valence-electron chi connectivity index (χ1n) is 5.16. The van der Waals surface area contributed by atoms with Gasteiger partial charge in [-0.1, -0.05) is 33.1 Å². The zero-order chi connectivity index (χ0) is 9.95. The summed E-state index contributed by atoms with van der Waals surface area (Å²) in [7, 11) is 0. The topological polar surface area (TPSA) is 37.3 Å². The van der Waals surface area contributed by atoms with Gasteiger partial charge in [0.1, 0.15) is 6.29 Å². The van der Waals surface area contributed by atoms with Crippen molar-refractivity contribution in [3.63, 3.8) is 0 Å². The van der Waals surface area contributed by atoms with Gasteiger partial charge < -0.3 is 9.90 Å². The highest BCUT2D eigenvalue weighted by Gasteiger charge is 2.35. The minimum atomic E-state index is -0.567. The Balaban J connectivity index is 2.54. The van der Waals surface area contributed by atoms with Gasteiger partial charge >= 0.3 is 0 Å². The zero-order valence-electron chi connectivity index (χ0n) is 8.68. The molecule has 1 aliphatic carbocycles. The van der Waals surface area contributed by atoms with Crippen LogP contribution in [-0.4, -0.2) is 17.0 Å². The van der Waals surface area contributed by atoms with Gasteiger partial charge in [-0.3, -0.25) is 0 Å². The molecule has 0 atom stereocenters. The molecule has 1 saturated carbocycles. The number of aldehydes is 1. The summed E-state index contributed by atoms with van der Waals surface area (Å²) < 4.78 is 0. The first-order chi connectivity index (χ1) is 5.97. The van der Waals surface area contributed by atoms with Gasteiger partial charge in [0.05, 0.1) is 5.60 Å². The molecule has 0 aromatic rings. The first-order valence-corrected chi connectivity index (χ1v) is 5.16. The third-order valence-corrected chi connectivity index (χ3v) is 2.89. The number of aliphatic hydroxyl groups is 1. The van der Waals surface area contributed by atoms with Gasteiger partial charge in [0.15, 0.2) is 0 Å². The lowest BCUT2D eigenvalue weighted by Crippen LogP contribution is -2.37. The van der Waals surface area contributed by atoms with E-state index in [0.717, 1.165) is 32.0 Å². The lowest BCUT2D eigenvalue weighted by atomic mass is 9.74. The number of carbonyl (C=O) groups is 1. The standard InChI is InChI=1S/C11H20O2/c1-10(2,9-12)8-11(13)6-4-3-5-7-11/h9,13H,3-8H2,1-2H3. The molecule has 0 radical (unpaired) electrons. The van der Waals surface area contributed by atoms with Crippen molar-refractivity contribution in [1.82, 2.24) is 0 Å². The van der Waals surface area contributed by atoms with Gasteiger partial charge in [-0.05, 0) is 19.3 Å². The van der Waals surface area contributed by atoms with E-state index in [4.69, 9.17) is 0 Å². The van der Waals surface area contributed by atoms with Gasteiger partial charge in [0.2, 0.25) is 0 Å². The fraction of sp³-hybridized carbons (Fsp3) is 0.909. The predicted octanol–water partition coefficient (Wildman–Crippen LogP) is 2.30. The molecule has 1 rings (SSSR count). The van der Waals surface area contributed by atoms with Gasteiger partial charge in [-0.25, -0.2) is 0 Å². The normalized spacial score (nSPS) is 22.7. The molecule has 0 bridgehead atoms. The molecule has 0 spiro atoms. The lowest BCUT2D eigenvalue weighted by Gasteiger charge is -2.36. The van der Waals surface area contributed by atoms with E-state index in [1.54, 1.807) is 0 Å². The summed E-state index contributed by atoms with van der Waals surface area (Å²) in [6, 6.07) is 0. The number of hydrogen-bond acceptors (Lipinski definition) is 2.